The molecule has 12 heteroatoms. The van der Waals surface area contributed by atoms with E-state index in [1.165, 1.54) is 0 Å². The number of aliphatic carboxylic acids is 1. The number of carboxylic acids is 1. The molecule has 1 aliphatic rings. The first-order valence-electron chi connectivity index (χ1n) is 10.1. The normalized spacial score (nSPS) is 15.8. The van der Waals surface area contributed by atoms with Crippen molar-refractivity contribution in [2.45, 2.75) is 32.1 Å². The third-order valence-electron chi connectivity index (χ3n) is 4.94. The van der Waals surface area contributed by atoms with Crippen LogP contribution in [-0.4, -0.2) is 76.3 Å². The largest absolute Gasteiger partial charge is 0.492 e. The van der Waals surface area contributed by atoms with Gasteiger partial charge in [-0.25, -0.2) is 9.78 Å². The van der Waals surface area contributed by atoms with Gasteiger partial charge in [-0.3, -0.25) is 9.69 Å². The summed E-state index contributed by atoms with van der Waals surface area (Å²) in [5, 5.41) is 7.83. The monoisotopic (exact) mass is 490 g/mol. The zero-order chi connectivity index (χ0) is 24.8. The molecule has 0 fully saturated rings. The summed E-state index contributed by atoms with van der Waals surface area (Å²) in [5.41, 5.74) is 0.838. The van der Waals surface area contributed by atoms with E-state index in [0.29, 0.717) is 18.1 Å². The standard InChI is InChI=1S/C19H25ClN4O2.C2HF3O2/c1-14-19-21-16(12-18(25)22(2)3)13-24(19)9-8-23(14)10-11-26-17-6-4-15(20)5-7-17;3-2(4,5)1(6)7/h4-7,13-14H,8-12H2,1-3H3;(H,6,7). The van der Waals surface area contributed by atoms with Crippen molar-refractivity contribution in [3.8, 4) is 5.75 Å². The van der Waals surface area contributed by atoms with E-state index in [4.69, 9.17) is 31.2 Å². The summed E-state index contributed by atoms with van der Waals surface area (Å²) < 4.78 is 39.7. The number of benzene rings is 1. The SMILES string of the molecule is CC1c2nc(CC(=O)N(C)C)cn2CCN1CCOc1ccc(Cl)cc1.O=C(O)C(F)(F)F. The van der Waals surface area contributed by atoms with Gasteiger partial charge in [0.2, 0.25) is 5.91 Å². The number of amides is 1. The maximum absolute atomic E-state index is 11.9. The molecule has 0 aliphatic carbocycles. The lowest BCUT2D eigenvalue weighted by molar-refractivity contribution is -0.192. The van der Waals surface area contributed by atoms with Crippen molar-refractivity contribution < 1.29 is 32.6 Å². The molecule has 2 heterocycles. The highest BCUT2D eigenvalue weighted by Crippen LogP contribution is 2.25. The van der Waals surface area contributed by atoms with Gasteiger partial charge in [0, 0.05) is 44.9 Å². The molecule has 1 aromatic heterocycles. The Kier molecular flexibility index (Phi) is 9.12. The number of ether oxygens (including phenoxy) is 1. The Balaban J connectivity index is 0.000000479. The van der Waals surface area contributed by atoms with Crippen molar-refractivity contribution in [2.24, 2.45) is 0 Å². The van der Waals surface area contributed by atoms with Crippen molar-refractivity contribution in [1.29, 1.82) is 0 Å². The Morgan fingerprint density at radius 2 is 1.85 bits per heavy atom. The van der Waals surface area contributed by atoms with Gasteiger partial charge in [-0.05, 0) is 31.2 Å². The van der Waals surface area contributed by atoms with E-state index in [-0.39, 0.29) is 11.9 Å². The van der Waals surface area contributed by atoms with Gasteiger partial charge in [-0.2, -0.15) is 13.2 Å². The molecule has 1 aliphatic heterocycles. The van der Waals surface area contributed by atoms with Crippen LogP contribution in [0.5, 0.6) is 5.75 Å². The molecule has 33 heavy (non-hydrogen) atoms. The fraction of sp³-hybridized carbons (Fsp3) is 0.476. The number of fused-ring (bicyclic) bond motifs is 1. The van der Waals surface area contributed by atoms with Crippen LogP contribution in [0.15, 0.2) is 30.5 Å². The first kappa shape index (κ1) is 26.5. The number of aromatic nitrogens is 2. The van der Waals surface area contributed by atoms with Crippen LogP contribution in [0.4, 0.5) is 13.2 Å². The van der Waals surface area contributed by atoms with E-state index < -0.39 is 12.1 Å². The summed E-state index contributed by atoms with van der Waals surface area (Å²) in [4.78, 5) is 29.5. The average Bonchev–Trinajstić information content (AvgIpc) is 3.14. The number of rotatable bonds is 6. The van der Waals surface area contributed by atoms with Gasteiger partial charge < -0.3 is 19.3 Å². The number of imidazole rings is 1. The van der Waals surface area contributed by atoms with Crippen LogP contribution in [0.3, 0.4) is 0 Å². The molecule has 1 atom stereocenters. The number of nitrogens with zero attached hydrogens (tertiary/aromatic N) is 4. The smallest absolute Gasteiger partial charge is 0.490 e. The maximum Gasteiger partial charge on any atom is 0.490 e. The minimum absolute atomic E-state index is 0.0707. The number of carbonyl (C=O) groups is 2. The molecule has 3 rings (SSSR count). The van der Waals surface area contributed by atoms with E-state index in [9.17, 15) is 18.0 Å². The summed E-state index contributed by atoms with van der Waals surface area (Å²) in [6.45, 7) is 5.40. The molecule has 182 valence electrons. The number of hydrogen-bond acceptors (Lipinski definition) is 5. The summed E-state index contributed by atoms with van der Waals surface area (Å²) in [7, 11) is 3.53. The molecule has 0 saturated heterocycles. The molecule has 1 N–H and O–H groups in total. The number of carboxylic acid groups (broad SMARTS) is 1. The van der Waals surface area contributed by atoms with Gasteiger partial charge in [0.05, 0.1) is 18.2 Å². The number of carbonyl (C=O) groups excluding carboxylic acids is 1. The zero-order valence-corrected chi connectivity index (χ0v) is 19.2. The second-order valence-electron chi connectivity index (χ2n) is 7.57. The van der Waals surface area contributed by atoms with Crippen molar-refractivity contribution in [3.05, 3.63) is 47.0 Å². The highest BCUT2D eigenvalue weighted by atomic mass is 35.5. The molecule has 1 amide bonds. The van der Waals surface area contributed by atoms with Gasteiger partial charge in [0.25, 0.3) is 0 Å². The second kappa shape index (κ2) is 11.4. The first-order chi connectivity index (χ1) is 15.4. The van der Waals surface area contributed by atoms with E-state index in [1.54, 1.807) is 19.0 Å². The molecular formula is C21H26ClF3N4O4. The van der Waals surface area contributed by atoms with Crippen molar-refractivity contribution in [3.63, 3.8) is 0 Å². The highest BCUT2D eigenvalue weighted by molar-refractivity contribution is 6.30. The molecule has 0 saturated carbocycles. The Labute approximate surface area is 194 Å². The molecule has 8 nitrogen and oxygen atoms in total. The zero-order valence-electron chi connectivity index (χ0n) is 18.5. The Morgan fingerprint density at radius 3 is 2.39 bits per heavy atom. The summed E-state index contributed by atoms with van der Waals surface area (Å²) in [6.07, 6.45) is -2.73. The predicted molar refractivity (Wildman–Crippen MR) is 115 cm³/mol. The van der Waals surface area contributed by atoms with Crippen LogP contribution < -0.4 is 4.74 Å². The Morgan fingerprint density at radius 1 is 1.24 bits per heavy atom. The number of likely N-dealkylation sites (N-methyl/N-ethyl adjacent to an activating group) is 1. The topological polar surface area (TPSA) is 87.9 Å². The number of alkyl halides is 3. The van der Waals surface area contributed by atoms with Gasteiger partial charge in [-0.15, -0.1) is 0 Å². The van der Waals surface area contributed by atoms with E-state index >= 15 is 0 Å². The van der Waals surface area contributed by atoms with Crippen LogP contribution in [0.25, 0.3) is 0 Å². The molecule has 1 aromatic carbocycles. The van der Waals surface area contributed by atoms with Crippen LogP contribution in [-0.2, 0) is 22.6 Å². The first-order valence-corrected chi connectivity index (χ1v) is 10.4. The second-order valence-corrected chi connectivity index (χ2v) is 8.00. The van der Waals surface area contributed by atoms with Crippen LogP contribution in [0.1, 0.15) is 24.5 Å². The molecule has 1 unspecified atom stereocenters. The third-order valence-corrected chi connectivity index (χ3v) is 5.19. The van der Waals surface area contributed by atoms with Gasteiger partial charge in [0.15, 0.2) is 0 Å². The van der Waals surface area contributed by atoms with Crippen molar-refractivity contribution in [2.75, 3.05) is 33.8 Å². The predicted octanol–water partition coefficient (Wildman–Crippen LogP) is 3.26. The van der Waals surface area contributed by atoms with Crippen molar-refractivity contribution >= 4 is 23.5 Å². The minimum atomic E-state index is -5.08. The summed E-state index contributed by atoms with van der Waals surface area (Å²) in [5.74, 6) is -0.844. The molecule has 0 radical (unpaired) electrons. The Hall–Kier alpha value is -2.79. The fourth-order valence-electron chi connectivity index (χ4n) is 3.11. The molecule has 2 aromatic rings. The Bertz CT molecular complexity index is 948. The van der Waals surface area contributed by atoms with Gasteiger partial charge in [0.1, 0.15) is 18.2 Å². The third kappa shape index (κ3) is 7.93. The van der Waals surface area contributed by atoms with Gasteiger partial charge in [-0.1, -0.05) is 11.6 Å². The lowest BCUT2D eigenvalue weighted by Crippen LogP contribution is -2.39. The summed E-state index contributed by atoms with van der Waals surface area (Å²) in [6, 6.07) is 7.60. The quantitative estimate of drug-likeness (QED) is 0.669. The fourth-order valence-corrected chi connectivity index (χ4v) is 3.23. The lowest BCUT2D eigenvalue weighted by Gasteiger charge is -2.33. The molecule has 0 spiro atoms. The van der Waals surface area contributed by atoms with E-state index in [1.807, 2.05) is 30.5 Å². The van der Waals surface area contributed by atoms with Crippen LogP contribution >= 0.6 is 11.6 Å². The average molecular weight is 491 g/mol. The maximum atomic E-state index is 11.9. The number of halogens is 4. The summed E-state index contributed by atoms with van der Waals surface area (Å²) >= 11 is 5.89. The number of hydrogen-bond donors (Lipinski definition) is 1. The van der Waals surface area contributed by atoms with Gasteiger partial charge >= 0.3 is 12.1 Å². The van der Waals surface area contributed by atoms with E-state index in [2.05, 4.69) is 16.4 Å². The molecular weight excluding hydrogens is 465 g/mol. The molecule has 0 bridgehead atoms. The highest BCUT2D eigenvalue weighted by Gasteiger charge is 2.38. The van der Waals surface area contributed by atoms with Crippen LogP contribution in [0.2, 0.25) is 5.02 Å². The minimum Gasteiger partial charge on any atom is -0.492 e. The van der Waals surface area contributed by atoms with Crippen LogP contribution in [0, 0.1) is 0 Å². The lowest BCUT2D eigenvalue weighted by atomic mass is 10.2. The van der Waals surface area contributed by atoms with Crippen molar-refractivity contribution in [1.82, 2.24) is 19.4 Å². The van der Waals surface area contributed by atoms with E-state index in [0.717, 1.165) is 36.9 Å².